The van der Waals surface area contributed by atoms with Crippen LogP contribution in [-0.2, 0) is 0 Å². The third-order valence-corrected chi connectivity index (χ3v) is 4.05. The summed E-state index contributed by atoms with van der Waals surface area (Å²) in [6.45, 7) is 13.0. The van der Waals surface area contributed by atoms with Crippen LogP contribution in [0, 0.1) is 11.3 Å². The molecule has 1 rings (SSSR count). The summed E-state index contributed by atoms with van der Waals surface area (Å²) in [6, 6.07) is 0. The molecule has 0 spiro atoms. The van der Waals surface area contributed by atoms with Gasteiger partial charge in [0.1, 0.15) is 0 Å². The average Bonchev–Trinajstić information content (AvgIpc) is 2.25. The number of carbonyl (C=O) groups is 1. The van der Waals surface area contributed by atoms with Crippen molar-refractivity contribution in [3.05, 3.63) is 0 Å². The molecule has 2 N–H and O–H groups in total. The van der Waals surface area contributed by atoms with E-state index in [1.165, 1.54) is 0 Å². The zero-order valence-corrected chi connectivity index (χ0v) is 12.4. The molecule has 1 saturated heterocycles. The third-order valence-electron chi connectivity index (χ3n) is 4.05. The summed E-state index contributed by atoms with van der Waals surface area (Å²) >= 11 is 0. The van der Waals surface area contributed by atoms with Gasteiger partial charge in [0.25, 0.3) is 0 Å². The molecule has 0 saturated carbocycles. The Morgan fingerprint density at radius 1 is 1.22 bits per heavy atom. The van der Waals surface area contributed by atoms with Gasteiger partial charge in [-0.15, -0.1) is 0 Å². The Bertz CT molecular complexity index is 289. The maximum Gasteiger partial charge on any atom is 0.407 e. The SMILES string of the molecule is CC(C)(CN(C(=O)O)C(C)(C)C)C1CCNCC1. The minimum Gasteiger partial charge on any atom is -0.465 e. The molecule has 0 radical (unpaired) electrons. The van der Waals surface area contributed by atoms with Crippen LogP contribution in [0.2, 0.25) is 0 Å². The van der Waals surface area contributed by atoms with E-state index in [2.05, 4.69) is 19.2 Å². The fourth-order valence-electron chi connectivity index (χ4n) is 2.73. The van der Waals surface area contributed by atoms with E-state index in [9.17, 15) is 9.90 Å². The fraction of sp³-hybridized carbons (Fsp3) is 0.929. The van der Waals surface area contributed by atoms with Gasteiger partial charge in [-0.2, -0.15) is 0 Å². The van der Waals surface area contributed by atoms with E-state index in [-0.39, 0.29) is 11.0 Å². The molecule has 1 amide bonds. The summed E-state index contributed by atoms with van der Waals surface area (Å²) in [5, 5.41) is 12.7. The maximum atomic E-state index is 11.4. The van der Waals surface area contributed by atoms with Crippen LogP contribution < -0.4 is 5.32 Å². The van der Waals surface area contributed by atoms with E-state index in [0.717, 1.165) is 25.9 Å². The molecule has 106 valence electrons. The lowest BCUT2D eigenvalue weighted by Crippen LogP contribution is -2.51. The molecule has 0 aromatic rings. The number of rotatable bonds is 3. The van der Waals surface area contributed by atoms with Crippen molar-refractivity contribution in [2.75, 3.05) is 19.6 Å². The number of hydrogen-bond donors (Lipinski definition) is 2. The normalized spacial score (nSPS) is 18.7. The van der Waals surface area contributed by atoms with Crippen LogP contribution in [0.3, 0.4) is 0 Å². The lowest BCUT2D eigenvalue weighted by atomic mass is 9.73. The molecule has 0 aliphatic carbocycles. The van der Waals surface area contributed by atoms with Crippen molar-refractivity contribution < 1.29 is 9.90 Å². The molecule has 1 fully saturated rings. The molecule has 1 aliphatic heterocycles. The zero-order valence-electron chi connectivity index (χ0n) is 12.4. The van der Waals surface area contributed by atoms with Crippen LogP contribution in [0.25, 0.3) is 0 Å². The van der Waals surface area contributed by atoms with Gasteiger partial charge in [-0.25, -0.2) is 4.79 Å². The minimum absolute atomic E-state index is 0.0355. The van der Waals surface area contributed by atoms with E-state index in [0.29, 0.717) is 12.5 Å². The highest BCUT2D eigenvalue weighted by Crippen LogP contribution is 2.35. The lowest BCUT2D eigenvalue weighted by Gasteiger charge is -2.44. The molecule has 0 aromatic heterocycles. The number of nitrogens with one attached hydrogen (secondary N) is 1. The smallest absolute Gasteiger partial charge is 0.407 e. The fourth-order valence-corrected chi connectivity index (χ4v) is 2.73. The van der Waals surface area contributed by atoms with Crippen molar-refractivity contribution in [2.45, 2.75) is 53.0 Å². The predicted octanol–water partition coefficient (Wildman–Crippen LogP) is 2.79. The summed E-state index contributed by atoms with van der Waals surface area (Å²) in [5.41, 5.74) is -0.302. The van der Waals surface area contributed by atoms with Crippen molar-refractivity contribution in [1.29, 1.82) is 0 Å². The van der Waals surface area contributed by atoms with Gasteiger partial charge in [-0.3, -0.25) is 0 Å². The van der Waals surface area contributed by atoms with Gasteiger partial charge >= 0.3 is 6.09 Å². The number of carboxylic acid groups (broad SMARTS) is 1. The molecule has 4 heteroatoms. The summed E-state index contributed by atoms with van der Waals surface area (Å²) in [5.74, 6) is 0.600. The van der Waals surface area contributed by atoms with Gasteiger partial charge in [0.05, 0.1) is 0 Å². The summed E-state index contributed by atoms with van der Waals surface area (Å²) in [6.07, 6.45) is 1.47. The first-order valence-electron chi connectivity index (χ1n) is 6.86. The van der Waals surface area contributed by atoms with E-state index in [1.807, 2.05) is 20.8 Å². The Balaban J connectivity index is 2.75. The molecule has 1 heterocycles. The van der Waals surface area contributed by atoms with Gasteiger partial charge in [0.15, 0.2) is 0 Å². The number of piperidine rings is 1. The van der Waals surface area contributed by atoms with Crippen molar-refractivity contribution in [3.63, 3.8) is 0 Å². The van der Waals surface area contributed by atoms with Crippen molar-refractivity contribution in [3.8, 4) is 0 Å². The van der Waals surface area contributed by atoms with E-state index in [4.69, 9.17) is 0 Å². The molecule has 0 aromatic carbocycles. The summed E-state index contributed by atoms with van der Waals surface area (Å²) in [7, 11) is 0. The first-order chi connectivity index (χ1) is 8.14. The number of nitrogens with zero attached hydrogens (tertiary/aromatic N) is 1. The minimum atomic E-state index is -0.815. The predicted molar refractivity (Wildman–Crippen MR) is 73.9 cm³/mol. The lowest BCUT2D eigenvalue weighted by molar-refractivity contribution is 0.0450. The van der Waals surface area contributed by atoms with E-state index < -0.39 is 6.09 Å². The van der Waals surface area contributed by atoms with Crippen molar-refractivity contribution >= 4 is 6.09 Å². The van der Waals surface area contributed by atoms with Gasteiger partial charge < -0.3 is 15.3 Å². The maximum absolute atomic E-state index is 11.4. The third kappa shape index (κ3) is 3.87. The second kappa shape index (κ2) is 5.47. The largest absolute Gasteiger partial charge is 0.465 e. The highest BCUT2D eigenvalue weighted by molar-refractivity contribution is 5.66. The van der Waals surface area contributed by atoms with Crippen LogP contribution in [0.4, 0.5) is 4.79 Å². The first kappa shape index (κ1) is 15.3. The molecule has 0 bridgehead atoms. The Labute approximate surface area is 111 Å². The standard InChI is InChI=1S/C14H28N2O2/c1-13(2,3)16(12(17)18)10-14(4,5)11-6-8-15-9-7-11/h11,15H,6-10H2,1-5H3,(H,17,18). The zero-order chi connectivity index (χ0) is 14.0. The van der Waals surface area contributed by atoms with Gasteiger partial charge in [-0.1, -0.05) is 13.8 Å². The van der Waals surface area contributed by atoms with Crippen LogP contribution in [-0.4, -0.2) is 41.3 Å². The molecule has 18 heavy (non-hydrogen) atoms. The molecule has 0 unspecified atom stereocenters. The van der Waals surface area contributed by atoms with Crippen LogP contribution >= 0.6 is 0 Å². The molecular weight excluding hydrogens is 228 g/mol. The Kier molecular flexibility index (Phi) is 4.65. The number of amides is 1. The monoisotopic (exact) mass is 256 g/mol. The second-order valence-electron chi connectivity index (χ2n) is 7.05. The summed E-state index contributed by atoms with van der Waals surface area (Å²) < 4.78 is 0. The van der Waals surface area contributed by atoms with E-state index in [1.54, 1.807) is 4.90 Å². The van der Waals surface area contributed by atoms with Crippen LogP contribution in [0.15, 0.2) is 0 Å². The molecule has 4 nitrogen and oxygen atoms in total. The molecule has 1 aliphatic rings. The highest BCUT2D eigenvalue weighted by Gasteiger charge is 2.37. The van der Waals surface area contributed by atoms with Gasteiger partial charge in [0, 0.05) is 12.1 Å². The van der Waals surface area contributed by atoms with Crippen molar-refractivity contribution in [1.82, 2.24) is 10.2 Å². The van der Waals surface area contributed by atoms with Gasteiger partial charge in [-0.05, 0) is 58.0 Å². The molecule has 0 atom stereocenters. The Hall–Kier alpha value is -0.770. The second-order valence-corrected chi connectivity index (χ2v) is 7.05. The summed E-state index contributed by atoms with van der Waals surface area (Å²) in [4.78, 5) is 13.0. The highest BCUT2D eigenvalue weighted by atomic mass is 16.4. The Morgan fingerprint density at radius 2 is 1.72 bits per heavy atom. The number of hydrogen-bond acceptors (Lipinski definition) is 2. The van der Waals surface area contributed by atoms with Crippen LogP contribution in [0.1, 0.15) is 47.5 Å². The van der Waals surface area contributed by atoms with Gasteiger partial charge in [0.2, 0.25) is 0 Å². The quantitative estimate of drug-likeness (QED) is 0.816. The molecular formula is C14H28N2O2. The topological polar surface area (TPSA) is 52.6 Å². The average molecular weight is 256 g/mol. The van der Waals surface area contributed by atoms with Crippen molar-refractivity contribution in [2.24, 2.45) is 11.3 Å². The first-order valence-corrected chi connectivity index (χ1v) is 6.86. The van der Waals surface area contributed by atoms with Crippen LogP contribution in [0.5, 0.6) is 0 Å². The van der Waals surface area contributed by atoms with E-state index >= 15 is 0 Å². The Morgan fingerprint density at radius 3 is 2.11 bits per heavy atom.